The largest absolute Gasteiger partial charge is 0.355 e. The van der Waals surface area contributed by atoms with Crippen LogP contribution in [0.4, 0.5) is 0 Å². The van der Waals surface area contributed by atoms with E-state index in [1.54, 1.807) is 13.0 Å². The number of hydrogen-bond acceptors (Lipinski definition) is 4. The van der Waals surface area contributed by atoms with E-state index in [1.807, 2.05) is 6.92 Å². The van der Waals surface area contributed by atoms with E-state index >= 15 is 0 Å². The fraction of sp³-hybridized carbons (Fsp3) is 0.800. The van der Waals surface area contributed by atoms with E-state index in [1.165, 1.54) is 7.05 Å². The van der Waals surface area contributed by atoms with Crippen molar-refractivity contribution in [3.63, 3.8) is 0 Å². The molecule has 7 heteroatoms. The van der Waals surface area contributed by atoms with Crippen LogP contribution in [0, 0.1) is 11.3 Å². The van der Waals surface area contributed by atoms with Gasteiger partial charge in [-0.15, -0.1) is 0 Å². The Morgan fingerprint density at radius 3 is 2.47 bits per heavy atom. The van der Waals surface area contributed by atoms with E-state index < -0.39 is 15.3 Å². The summed E-state index contributed by atoms with van der Waals surface area (Å²) in [4.78, 5) is 11.4. The molecule has 98 valence electrons. The predicted molar refractivity (Wildman–Crippen MR) is 64.5 cm³/mol. The topological polar surface area (TPSA) is 90.3 Å². The number of nitriles is 1. The van der Waals surface area contributed by atoms with Gasteiger partial charge in [-0.1, -0.05) is 13.8 Å². The van der Waals surface area contributed by atoms with Gasteiger partial charge in [-0.2, -0.15) is 9.57 Å². The molecule has 0 fully saturated rings. The van der Waals surface area contributed by atoms with Gasteiger partial charge in [0.05, 0.1) is 12.6 Å². The van der Waals surface area contributed by atoms with E-state index in [2.05, 4.69) is 5.32 Å². The van der Waals surface area contributed by atoms with Gasteiger partial charge in [-0.3, -0.25) is 4.79 Å². The Balaban J connectivity index is 4.55. The molecular weight excluding hydrogens is 242 g/mol. The van der Waals surface area contributed by atoms with Crippen LogP contribution in [0.5, 0.6) is 0 Å². The molecular formula is C10H19N3O3S. The molecule has 0 aliphatic rings. The second kappa shape index (κ2) is 7.25. The Morgan fingerprint density at radius 1 is 1.47 bits per heavy atom. The number of sulfonamides is 1. The fourth-order valence-electron chi connectivity index (χ4n) is 1.20. The molecule has 0 radical (unpaired) electrons. The maximum absolute atomic E-state index is 11.8. The summed E-state index contributed by atoms with van der Waals surface area (Å²) in [6.07, 6.45) is 0.998. The number of likely N-dealkylation sites (N-methyl/N-ethyl adjacent to an activating group) is 1. The maximum Gasteiger partial charge on any atom is 0.235 e. The summed E-state index contributed by atoms with van der Waals surface area (Å²) >= 11 is 0. The first-order valence-corrected chi connectivity index (χ1v) is 7.01. The van der Waals surface area contributed by atoms with Crippen LogP contribution >= 0.6 is 0 Å². The summed E-state index contributed by atoms with van der Waals surface area (Å²) in [6, 6.07) is 1.73. The van der Waals surface area contributed by atoms with E-state index in [0.29, 0.717) is 6.54 Å². The number of nitrogens with zero attached hydrogens (tertiary/aromatic N) is 2. The fourth-order valence-corrected chi connectivity index (χ4v) is 2.48. The summed E-state index contributed by atoms with van der Waals surface area (Å²) in [5, 5.41) is 10.2. The highest BCUT2D eigenvalue weighted by Crippen LogP contribution is 2.09. The van der Waals surface area contributed by atoms with Gasteiger partial charge in [0.15, 0.2) is 5.25 Å². The van der Waals surface area contributed by atoms with Gasteiger partial charge in [0.2, 0.25) is 15.9 Å². The lowest BCUT2D eigenvalue weighted by Crippen LogP contribution is -2.42. The van der Waals surface area contributed by atoms with Crippen LogP contribution in [0.1, 0.15) is 26.7 Å². The number of amides is 1. The monoisotopic (exact) mass is 261 g/mol. The number of carbonyl (C=O) groups excluding carboxylic acids is 1. The third-order valence-corrected chi connectivity index (χ3v) is 4.40. The van der Waals surface area contributed by atoms with Crippen LogP contribution < -0.4 is 5.32 Å². The second-order valence-corrected chi connectivity index (χ2v) is 5.90. The van der Waals surface area contributed by atoms with Crippen LogP contribution in [0.15, 0.2) is 0 Å². The zero-order chi connectivity index (χ0) is 13.5. The van der Waals surface area contributed by atoms with E-state index in [9.17, 15) is 13.2 Å². The van der Waals surface area contributed by atoms with Gasteiger partial charge in [0.1, 0.15) is 0 Å². The molecule has 17 heavy (non-hydrogen) atoms. The molecule has 0 rings (SSSR count). The van der Waals surface area contributed by atoms with Gasteiger partial charge in [-0.25, -0.2) is 8.42 Å². The molecule has 0 heterocycles. The van der Waals surface area contributed by atoms with Gasteiger partial charge in [0.25, 0.3) is 0 Å². The van der Waals surface area contributed by atoms with Crippen LogP contribution in [-0.2, 0) is 14.8 Å². The number of nitrogens with one attached hydrogen (secondary N) is 1. The lowest BCUT2D eigenvalue weighted by Gasteiger charge is -2.19. The summed E-state index contributed by atoms with van der Waals surface area (Å²) in [7, 11) is -2.40. The highest BCUT2D eigenvalue weighted by Gasteiger charge is 2.29. The first-order valence-electron chi connectivity index (χ1n) is 5.51. The van der Waals surface area contributed by atoms with Gasteiger partial charge >= 0.3 is 0 Å². The molecule has 0 aromatic carbocycles. The summed E-state index contributed by atoms with van der Waals surface area (Å²) in [6.45, 7) is 3.79. The van der Waals surface area contributed by atoms with Crippen LogP contribution in [0.2, 0.25) is 0 Å². The molecule has 0 aromatic rings. The second-order valence-electron chi connectivity index (χ2n) is 3.68. The van der Waals surface area contributed by atoms with Crippen molar-refractivity contribution in [3.05, 3.63) is 0 Å². The van der Waals surface area contributed by atoms with Crippen molar-refractivity contribution in [2.24, 2.45) is 0 Å². The number of rotatable bonds is 7. The average molecular weight is 261 g/mol. The normalized spacial score (nSPS) is 13.1. The number of hydrogen-bond donors (Lipinski definition) is 1. The quantitative estimate of drug-likeness (QED) is 0.702. The van der Waals surface area contributed by atoms with E-state index in [4.69, 9.17) is 5.26 Å². The smallest absolute Gasteiger partial charge is 0.235 e. The van der Waals surface area contributed by atoms with Crippen LogP contribution in [0.25, 0.3) is 0 Å². The lowest BCUT2D eigenvalue weighted by atomic mass is 10.4. The zero-order valence-electron chi connectivity index (χ0n) is 10.4. The third kappa shape index (κ3) is 4.71. The van der Waals surface area contributed by atoms with Crippen molar-refractivity contribution in [1.82, 2.24) is 9.62 Å². The van der Waals surface area contributed by atoms with Crippen molar-refractivity contribution in [2.75, 3.05) is 20.1 Å². The SMILES string of the molecule is CCCNC(=O)CN(C)S(=O)(=O)C(C#N)CC. The van der Waals surface area contributed by atoms with Crippen molar-refractivity contribution in [1.29, 1.82) is 5.26 Å². The minimum atomic E-state index is -3.71. The van der Waals surface area contributed by atoms with Crippen molar-refractivity contribution >= 4 is 15.9 Å². The molecule has 1 amide bonds. The number of carbonyl (C=O) groups is 1. The molecule has 0 saturated heterocycles. The molecule has 0 bridgehead atoms. The van der Waals surface area contributed by atoms with E-state index in [-0.39, 0.29) is 18.9 Å². The minimum absolute atomic E-state index is 0.208. The Labute approximate surface area is 103 Å². The molecule has 0 aromatic heterocycles. The lowest BCUT2D eigenvalue weighted by molar-refractivity contribution is -0.121. The Kier molecular flexibility index (Phi) is 6.76. The Morgan fingerprint density at radius 2 is 2.06 bits per heavy atom. The summed E-state index contributed by atoms with van der Waals surface area (Å²) < 4.78 is 24.6. The summed E-state index contributed by atoms with van der Waals surface area (Å²) in [5.74, 6) is -0.356. The molecule has 0 saturated carbocycles. The summed E-state index contributed by atoms with van der Waals surface area (Å²) in [5.41, 5.74) is 0. The minimum Gasteiger partial charge on any atom is -0.355 e. The van der Waals surface area contributed by atoms with Crippen molar-refractivity contribution in [3.8, 4) is 6.07 Å². The molecule has 0 aliphatic carbocycles. The highest BCUT2D eigenvalue weighted by molar-refractivity contribution is 7.90. The maximum atomic E-state index is 11.8. The Bertz CT molecular complexity index is 386. The Hall–Kier alpha value is -1.13. The molecule has 6 nitrogen and oxygen atoms in total. The standard InChI is InChI=1S/C10H19N3O3S/c1-4-6-12-10(14)8-13(3)17(15,16)9(5-2)7-11/h9H,4-6,8H2,1-3H3,(H,12,14). The first-order chi connectivity index (χ1) is 7.89. The molecule has 0 aliphatic heterocycles. The average Bonchev–Trinajstić information content (AvgIpc) is 2.27. The third-order valence-electron chi connectivity index (χ3n) is 2.25. The molecule has 1 unspecified atom stereocenters. The first kappa shape index (κ1) is 15.9. The molecule has 0 spiro atoms. The van der Waals surface area contributed by atoms with Crippen LogP contribution in [0.3, 0.4) is 0 Å². The predicted octanol–water partition coefficient (Wildman–Crippen LogP) is 0.0764. The van der Waals surface area contributed by atoms with Gasteiger partial charge in [0, 0.05) is 13.6 Å². The molecule has 1 N–H and O–H groups in total. The van der Waals surface area contributed by atoms with Crippen molar-refractivity contribution < 1.29 is 13.2 Å². The zero-order valence-corrected chi connectivity index (χ0v) is 11.2. The molecule has 1 atom stereocenters. The van der Waals surface area contributed by atoms with Crippen LogP contribution in [-0.4, -0.2) is 44.0 Å². The highest BCUT2D eigenvalue weighted by atomic mass is 32.2. The van der Waals surface area contributed by atoms with Gasteiger partial charge < -0.3 is 5.32 Å². The van der Waals surface area contributed by atoms with E-state index in [0.717, 1.165) is 10.7 Å². The van der Waals surface area contributed by atoms with Crippen molar-refractivity contribution in [2.45, 2.75) is 31.9 Å². The van der Waals surface area contributed by atoms with Gasteiger partial charge in [-0.05, 0) is 12.8 Å².